The number of para-hydroxylation sites is 1. The summed E-state index contributed by atoms with van der Waals surface area (Å²) in [6.07, 6.45) is 0. The van der Waals surface area contributed by atoms with Gasteiger partial charge >= 0.3 is 5.97 Å². The quantitative estimate of drug-likeness (QED) is 0.786. The van der Waals surface area contributed by atoms with Gasteiger partial charge in [0.25, 0.3) is 0 Å². The van der Waals surface area contributed by atoms with E-state index >= 15 is 0 Å². The van der Waals surface area contributed by atoms with Gasteiger partial charge in [0.05, 0.1) is 7.11 Å². The Morgan fingerprint density at radius 2 is 1.75 bits per heavy atom. The number of esters is 1. The van der Waals surface area contributed by atoms with Crippen LogP contribution in [0.2, 0.25) is 0 Å². The molecular formula is C16H15FO3. The van der Waals surface area contributed by atoms with Crippen molar-refractivity contribution in [2.24, 2.45) is 0 Å². The van der Waals surface area contributed by atoms with Crippen molar-refractivity contribution in [1.29, 1.82) is 0 Å². The van der Waals surface area contributed by atoms with Gasteiger partial charge in [-0.05, 0) is 17.7 Å². The summed E-state index contributed by atoms with van der Waals surface area (Å²) >= 11 is 0. The Labute approximate surface area is 117 Å². The molecule has 0 aliphatic rings. The molecule has 0 aliphatic carbocycles. The van der Waals surface area contributed by atoms with E-state index in [0.717, 1.165) is 5.56 Å². The number of benzene rings is 2. The summed E-state index contributed by atoms with van der Waals surface area (Å²) in [4.78, 5) is 11.8. The van der Waals surface area contributed by atoms with Gasteiger partial charge in [0, 0.05) is 0 Å². The molecule has 0 aromatic heterocycles. The maximum atomic E-state index is 13.5. The van der Waals surface area contributed by atoms with E-state index in [-0.39, 0.29) is 12.4 Å². The van der Waals surface area contributed by atoms with E-state index in [2.05, 4.69) is 0 Å². The minimum absolute atomic E-state index is 0.0254. The molecule has 0 saturated heterocycles. The van der Waals surface area contributed by atoms with Crippen molar-refractivity contribution in [2.45, 2.75) is 5.92 Å². The zero-order valence-electron chi connectivity index (χ0n) is 11.1. The van der Waals surface area contributed by atoms with Crippen LogP contribution in [-0.2, 0) is 9.53 Å². The van der Waals surface area contributed by atoms with E-state index in [1.54, 1.807) is 12.1 Å². The first kappa shape index (κ1) is 14.1. The minimum atomic E-state index is -0.583. The summed E-state index contributed by atoms with van der Waals surface area (Å²) in [5, 5.41) is 0. The summed E-state index contributed by atoms with van der Waals surface area (Å²) in [7, 11) is 1.32. The molecule has 3 nitrogen and oxygen atoms in total. The van der Waals surface area contributed by atoms with Gasteiger partial charge in [-0.1, -0.05) is 42.5 Å². The molecule has 0 radical (unpaired) electrons. The van der Waals surface area contributed by atoms with Crippen molar-refractivity contribution in [3.8, 4) is 5.75 Å². The summed E-state index contributed by atoms with van der Waals surface area (Å²) in [5.74, 6) is -1.32. The molecule has 2 rings (SSSR count). The molecule has 0 saturated carbocycles. The molecule has 0 spiro atoms. The highest BCUT2D eigenvalue weighted by atomic mass is 19.1. The second kappa shape index (κ2) is 6.70. The summed E-state index contributed by atoms with van der Waals surface area (Å²) in [6, 6.07) is 15.2. The Hall–Kier alpha value is -2.36. The number of ether oxygens (including phenoxy) is 2. The lowest BCUT2D eigenvalue weighted by Gasteiger charge is -2.16. The van der Waals surface area contributed by atoms with Gasteiger partial charge in [0.2, 0.25) is 0 Å². The molecule has 0 amide bonds. The number of methoxy groups -OCH3 is 1. The van der Waals surface area contributed by atoms with Crippen molar-refractivity contribution < 1.29 is 18.7 Å². The van der Waals surface area contributed by atoms with Gasteiger partial charge in [-0.25, -0.2) is 4.39 Å². The molecular weight excluding hydrogens is 259 g/mol. The second-order valence-corrected chi connectivity index (χ2v) is 4.23. The van der Waals surface area contributed by atoms with Gasteiger partial charge in [-0.2, -0.15) is 0 Å². The Bertz CT molecular complexity index is 569. The van der Waals surface area contributed by atoms with Crippen LogP contribution in [0.4, 0.5) is 4.39 Å². The minimum Gasteiger partial charge on any atom is -0.489 e. The smallest absolute Gasteiger partial charge is 0.316 e. The maximum absolute atomic E-state index is 13.5. The fourth-order valence-corrected chi connectivity index (χ4v) is 1.86. The van der Waals surface area contributed by atoms with E-state index in [0.29, 0.717) is 0 Å². The molecule has 104 valence electrons. The Balaban J connectivity index is 2.14. The van der Waals surface area contributed by atoms with Crippen LogP contribution in [-0.4, -0.2) is 19.7 Å². The third kappa shape index (κ3) is 3.35. The SMILES string of the molecule is COC(=O)C(COc1ccccc1F)c1ccccc1. The third-order valence-electron chi connectivity index (χ3n) is 2.93. The van der Waals surface area contributed by atoms with Gasteiger partial charge in [0.1, 0.15) is 12.5 Å². The first-order valence-electron chi connectivity index (χ1n) is 6.22. The Kier molecular flexibility index (Phi) is 4.71. The van der Waals surface area contributed by atoms with Gasteiger partial charge in [-0.3, -0.25) is 4.79 Å². The van der Waals surface area contributed by atoms with Crippen LogP contribution in [0.1, 0.15) is 11.5 Å². The topological polar surface area (TPSA) is 35.5 Å². The zero-order chi connectivity index (χ0) is 14.4. The van der Waals surface area contributed by atoms with E-state index < -0.39 is 17.7 Å². The fraction of sp³-hybridized carbons (Fsp3) is 0.188. The molecule has 2 aromatic rings. The number of hydrogen-bond donors (Lipinski definition) is 0. The molecule has 0 fully saturated rings. The second-order valence-electron chi connectivity index (χ2n) is 4.23. The first-order chi connectivity index (χ1) is 9.72. The average molecular weight is 274 g/mol. The zero-order valence-corrected chi connectivity index (χ0v) is 11.1. The van der Waals surface area contributed by atoms with Crippen LogP contribution < -0.4 is 4.74 Å². The highest BCUT2D eigenvalue weighted by molar-refractivity contribution is 5.78. The average Bonchev–Trinajstić information content (AvgIpc) is 2.50. The number of halogens is 1. The van der Waals surface area contributed by atoms with E-state index in [1.165, 1.54) is 19.2 Å². The molecule has 1 unspecified atom stereocenters. The first-order valence-corrected chi connectivity index (χ1v) is 6.22. The van der Waals surface area contributed by atoms with Crippen molar-refractivity contribution >= 4 is 5.97 Å². The number of carbonyl (C=O) groups excluding carboxylic acids is 1. The monoisotopic (exact) mass is 274 g/mol. The summed E-state index contributed by atoms with van der Waals surface area (Å²) in [5.41, 5.74) is 0.774. The van der Waals surface area contributed by atoms with Crippen LogP contribution in [0.15, 0.2) is 54.6 Å². The highest BCUT2D eigenvalue weighted by Crippen LogP contribution is 2.21. The van der Waals surface area contributed by atoms with Crippen molar-refractivity contribution in [3.63, 3.8) is 0 Å². The van der Waals surface area contributed by atoms with Crippen LogP contribution in [0.3, 0.4) is 0 Å². The summed E-state index contributed by atoms with van der Waals surface area (Å²) in [6.45, 7) is 0.0254. The largest absolute Gasteiger partial charge is 0.489 e. The maximum Gasteiger partial charge on any atom is 0.316 e. The fourth-order valence-electron chi connectivity index (χ4n) is 1.86. The van der Waals surface area contributed by atoms with Gasteiger partial charge in [0.15, 0.2) is 11.6 Å². The molecule has 0 heterocycles. The molecule has 0 bridgehead atoms. The Morgan fingerprint density at radius 1 is 1.10 bits per heavy atom. The van der Waals surface area contributed by atoms with Crippen molar-refractivity contribution in [2.75, 3.05) is 13.7 Å². The lowest BCUT2D eigenvalue weighted by Crippen LogP contribution is -2.21. The number of carbonyl (C=O) groups is 1. The Morgan fingerprint density at radius 3 is 2.40 bits per heavy atom. The van der Waals surface area contributed by atoms with E-state index in [1.807, 2.05) is 30.3 Å². The molecule has 4 heteroatoms. The van der Waals surface area contributed by atoms with Crippen LogP contribution in [0, 0.1) is 5.82 Å². The number of rotatable bonds is 5. The lowest BCUT2D eigenvalue weighted by atomic mass is 10.0. The van der Waals surface area contributed by atoms with Crippen LogP contribution in [0.5, 0.6) is 5.75 Å². The molecule has 2 aromatic carbocycles. The normalized spacial score (nSPS) is 11.7. The van der Waals surface area contributed by atoms with Crippen molar-refractivity contribution in [1.82, 2.24) is 0 Å². The van der Waals surface area contributed by atoms with Crippen LogP contribution in [0.25, 0.3) is 0 Å². The van der Waals surface area contributed by atoms with Crippen molar-refractivity contribution in [3.05, 3.63) is 66.0 Å². The van der Waals surface area contributed by atoms with Gasteiger partial charge < -0.3 is 9.47 Å². The van der Waals surface area contributed by atoms with E-state index in [4.69, 9.17) is 9.47 Å². The molecule has 0 aliphatic heterocycles. The molecule has 0 N–H and O–H groups in total. The molecule has 1 atom stereocenters. The predicted octanol–water partition coefficient (Wildman–Crippen LogP) is 3.16. The van der Waals surface area contributed by atoms with Crippen LogP contribution >= 0.6 is 0 Å². The molecule has 20 heavy (non-hydrogen) atoms. The van der Waals surface area contributed by atoms with E-state index in [9.17, 15) is 9.18 Å². The predicted molar refractivity (Wildman–Crippen MR) is 73.1 cm³/mol. The highest BCUT2D eigenvalue weighted by Gasteiger charge is 2.22. The standard InChI is InChI=1S/C16H15FO3/c1-19-16(18)13(12-7-3-2-4-8-12)11-20-15-10-6-5-9-14(15)17/h2-10,13H,11H2,1H3. The van der Waals surface area contributed by atoms with Gasteiger partial charge in [-0.15, -0.1) is 0 Å². The summed E-state index contributed by atoms with van der Waals surface area (Å²) < 4.78 is 23.7. The lowest BCUT2D eigenvalue weighted by molar-refractivity contribution is -0.143. The third-order valence-corrected chi connectivity index (χ3v) is 2.93. The number of hydrogen-bond acceptors (Lipinski definition) is 3.